The van der Waals surface area contributed by atoms with Gasteiger partial charge in [0.1, 0.15) is 0 Å². The molecule has 3 heteroatoms. The van der Waals surface area contributed by atoms with Crippen LogP contribution in [0.25, 0.3) is 0 Å². The standard InChI is InChI=1S/C14H28N2S/c1-4-17-13-6-5-12(9-13)16-8-7-14(15)10(2)11(16)3/h10-14H,4-9,15H2,1-3H3. The highest BCUT2D eigenvalue weighted by atomic mass is 32.2. The minimum Gasteiger partial charge on any atom is -0.327 e. The molecule has 2 rings (SSSR count). The topological polar surface area (TPSA) is 29.3 Å². The quantitative estimate of drug-likeness (QED) is 0.842. The lowest BCUT2D eigenvalue weighted by molar-refractivity contribution is 0.0587. The van der Waals surface area contributed by atoms with Crippen molar-refractivity contribution in [3.05, 3.63) is 0 Å². The second-order valence-electron chi connectivity index (χ2n) is 5.83. The third-order valence-electron chi connectivity index (χ3n) is 4.91. The van der Waals surface area contributed by atoms with Crippen LogP contribution in [0, 0.1) is 5.92 Å². The number of nitrogens with two attached hydrogens (primary N) is 1. The van der Waals surface area contributed by atoms with Gasteiger partial charge in [-0.1, -0.05) is 13.8 Å². The number of hydrogen-bond acceptors (Lipinski definition) is 3. The van der Waals surface area contributed by atoms with E-state index in [0.717, 1.165) is 11.3 Å². The predicted octanol–water partition coefficient (Wildman–Crippen LogP) is 2.72. The van der Waals surface area contributed by atoms with E-state index in [0.29, 0.717) is 18.0 Å². The Bertz CT molecular complexity index is 246. The summed E-state index contributed by atoms with van der Waals surface area (Å²) in [6.45, 7) is 8.21. The van der Waals surface area contributed by atoms with Crippen LogP contribution in [0.15, 0.2) is 0 Å². The Morgan fingerprint density at radius 2 is 2.00 bits per heavy atom. The summed E-state index contributed by atoms with van der Waals surface area (Å²) < 4.78 is 0. The number of hydrogen-bond donors (Lipinski definition) is 1. The van der Waals surface area contributed by atoms with Gasteiger partial charge in [0, 0.05) is 29.9 Å². The van der Waals surface area contributed by atoms with Gasteiger partial charge < -0.3 is 5.73 Å². The van der Waals surface area contributed by atoms with Crippen molar-refractivity contribution in [2.75, 3.05) is 12.3 Å². The highest BCUT2D eigenvalue weighted by molar-refractivity contribution is 7.99. The SMILES string of the molecule is CCSC1CCC(N2CCC(N)C(C)C2C)C1. The highest BCUT2D eigenvalue weighted by Gasteiger charge is 2.37. The Morgan fingerprint density at radius 1 is 1.24 bits per heavy atom. The van der Waals surface area contributed by atoms with Gasteiger partial charge in [-0.25, -0.2) is 0 Å². The van der Waals surface area contributed by atoms with E-state index >= 15 is 0 Å². The van der Waals surface area contributed by atoms with E-state index in [-0.39, 0.29) is 0 Å². The van der Waals surface area contributed by atoms with Crippen molar-refractivity contribution < 1.29 is 0 Å². The van der Waals surface area contributed by atoms with Crippen molar-refractivity contribution in [3.8, 4) is 0 Å². The van der Waals surface area contributed by atoms with E-state index in [1.165, 1.54) is 38.0 Å². The molecule has 2 fully saturated rings. The van der Waals surface area contributed by atoms with Crippen LogP contribution in [0.1, 0.15) is 46.5 Å². The van der Waals surface area contributed by atoms with Gasteiger partial charge in [-0.15, -0.1) is 0 Å². The molecule has 0 aromatic rings. The Labute approximate surface area is 111 Å². The van der Waals surface area contributed by atoms with Gasteiger partial charge in [0.2, 0.25) is 0 Å². The lowest BCUT2D eigenvalue weighted by atomic mass is 9.86. The molecule has 0 aromatic heterocycles. The van der Waals surface area contributed by atoms with Crippen LogP contribution in [0.2, 0.25) is 0 Å². The maximum Gasteiger partial charge on any atom is 0.0110 e. The van der Waals surface area contributed by atoms with Crippen molar-refractivity contribution in [3.63, 3.8) is 0 Å². The van der Waals surface area contributed by atoms with Crippen LogP contribution in [0.3, 0.4) is 0 Å². The second-order valence-corrected chi connectivity index (χ2v) is 7.41. The smallest absolute Gasteiger partial charge is 0.0110 e. The predicted molar refractivity (Wildman–Crippen MR) is 77.5 cm³/mol. The summed E-state index contributed by atoms with van der Waals surface area (Å²) in [5.74, 6) is 1.93. The first-order valence-corrected chi connectivity index (χ1v) is 8.31. The molecule has 0 radical (unpaired) electrons. The average molecular weight is 256 g/mol. The molecule has 1 aliphatic heterocycles. The molecule has 5 unspecified atom stereocenters. The number of piperidine rings is 1. The molecule has 5 atom stereocenters. The summed E-state index contributed by atoms with van der Waals surface area (Å²) in [5, 5.41) is 0.920. The number of likely N-dealkylation sites (tertiary alicyclic amines) is 1. The summed E-state index contributed by atoms with van der Waals surface area (Å²) in [7, 11) is 0. The van der Waals surface area contributed by atoms with Crippen LogP contribution in [0.5, 0.6) is 0 Å². The zero-order valence-electron chi connectivity index (χ0n) is 11.6. The molecule has 17 heavy (non-hydrogen) atoms. The molecule has 1 heterocycles. The molecular weight excluding hydrogens is 228 g/mol. The summed E-state index contributed by atoms with van der Waals surface area (Å²) in [4.78, 5) is 2.75. The van der Waals surface area contributed by atoms with E-state index in [2.05, 4.69) is 37.4 Å². The molecule has 2 N–H and O–H groups in total. The Hall–Kier alpha value is 0.270. The molecule has 0 aromatic carbocycles. The minimum atomic E-state index is 0.420. The van der Waals surface area contributed by atoms with Gasteiger partial charge in [-0.05, 0) is 44.3 Å². The van der Waals surface area contributed by atoms with Crippen LogP contribution in [0.4, 0.5) is 0 Å². The van der Waals surface area contributed by atoms with E-state index in [1.54, 1.807) is 0 Å². The van der Waals surface area contributed by atoms with E-state index in [9.17, 15) is 0 Å². The third-order valence-corrected chi connectivity index (χ3v) is 6.14. The van der Waals surface area contributed by atoms with Crippen LogP contribution < -0.4 is 5.73 Å². The van der Waals surface area contributed by atoms with E-state index in [1.807, 2.05) is 0 Å². The van der Waals surface area contributed by atoms with Crippen LogP contribution >= 0.6 is 11.8 Å². The zero-order chi connectivity index (χ0) is 12.4. The molecule has 0 amide bonds. The lowest BCUT2D eigenvalue weighted by Gasteiger charge is -2.44. The molecule has 1 aliphatic carbocycles. The maximum absolute atomic E-state index is 6.17. The lowest BCUT2D eigenvalue weighted by Crippen LogP contribution is -2.54. The summed E-state index contributed by atoms with van der Waals surface area (Å²) in [6.07, 6.45) is 5.43. The number of thioether (sulfide) groups is 1. The van der Waals surface area contributed by atoms with Crippen LogP contribution in [-0.2, 0) is 0 Å². The molecule has 0 bridgehead atoms. The first kappa shape index (κ1) is 13.7. The molecule has 2 nitrogen and oxygen atoms in total. The fraction of sp³-hybridized carbons (Fsp3) is 1.00. The first-order chi connectivity index (χ1) is 8.13. The van der Waals surface area contributed by atoms with Crippen molar-refractivity contribution in [1.29, 1.82) is 0 Å². The van der Waals surface area contributed by atoms with Crippen molar-refractivity contribution in [2.24, 2.45) is 11.7 Å². The average Bonchev–Trinajstić information content (AvgIpc) is 2.75. The maximum atomic E-state index is 6.17. The molecular formula is C14H28N2S. The summed E-state index contributed by atoms with van der Waals surface area (Å²) in [6, 6.07) is 1.93. The normalized spacial score (nSPS) is 44.1. The van der Waals surface area contributed by atoms with Crippen LogP contribution in [-0.4, -0.2) is 40.6 Å². The summed E-state index contributed by atoms with van der Waals surface area (Å²) >= 11 is 2.16. The molecule has 100 valence electrons. The largest absolute Gasteiger partial charge is 0.327 e. The van der Waals surface area contributed by atoms with Gasteiger partial charge in [0.15, 0.2) is 0 Å². The highest BCUT2D eigenvalue weighted by Crippen LogP contribution is 2.36. The number of rotatable bonds is 3. The minimum absolute atomic E-state index is 0.420. The number of nitrogens with zero attached hydrogens (tertiary/aromatic N) is 1. The second kappa shape index (κ2) is 5.94. The Kier molecular flexibility index (Phi) is 4.79. The fourth-order valence-corrected chi connectivity index (χ4v) is 4.68. The monoisotopic (exact) mass is 256 g/mol. The molecule has 1 saturated carbocycles. The van der Waals surface area contributed by atoms with Crippen molar-refractivity contribution in [2.45, 2.75) is 69.8 Å². The molecule has 0 spiro atoms. The Morgan fingerprint density at radius 3 is 2.71 bits per heavy atom. The van der Waals surface area contributed by atoms with Gasteiger partial charge in [-0.2, -0.15) is 11.8 Å². The van der Waals surface area contributed by atoms with Gasteiger partial charge >= 0.3 is 0 Å². The Balaban J connectivity index is 1.90. The zero-order valence-corrected chi connectivity index (χ0v) is 12.4. The molecule has 1 saturated heterocycles. The fourth-order valence-electron chi connectivity index (χ4n) is 3.55. The van der Waals surface area contributed by atoms with Gasteiger partial charge in [0.25, 0.3) is 0 Å². The molecule has 2 aliphatic rings. The van der Waals surface area contributed by atoms with E-state index < -0.39 is 0 Å². The van der Waals surface area contributed by atoms with E-state index in [4.69, 9.17) is 5.73 Å². The third kappa shape index (κ3) is 2.99. The first-order valence-electron chi connectivity index (χ1n) is 7.26. The van der Waals surface area contributed by atoms with Gasteiger partial charge in [0.05, 0.1) is 0 Å². The van der Waals surface area contributed by atoms with Crippen molar-refractivity contribution in [1.82, 2.24) is 4.90 Å². The van der Waals surface area contributed by atoms with Crippen molar-refractivity contribution >= 4 is 11.8 Å². The van der Waals surface area contributed by atoms with Gasteiger partial charge in [-0.3, -0.25) is 4.90 Å². The summed E-state index contributed by atoms with van der Waals surface area (Å²) in [5.41, 5.74) is 6.17.